The summed E-state index contributed by atoms with van der Waals surface area (Å²) in [7, 11) is 3.28. The number of carbonyl (C=O) groups excluding carboxylic acids is 3. The smallest absolute Gasteiger partial charge is 0.329 e. The van der Waals surface area contributed by atoms with Crippen LogP contribution in [0.4, 0.5) is 0 Å². The summed E-state index contributed by atoms with van der Waals surface area (Å²) in [6.07, 6.45) is 8.53. The van der Waals surface area contributed by atoms with E-state index in [4.69, 9.17) is 0 Å². The number of benzene rings is 1. The summed E-state index contributed by atoms with van der Waals surface area (Å²) in [6, 6.07) is 5.14. The fraction of sp³-hybridized carbons (Fsp3) is 0.583. The molecule has 2 amide bonds. The second-order valence-corrected chi connectivity index (χ2v) is 8.70. The third-order valence-electron chi connectivity index (χ3n) is 6.71. The highest BCUT2D eigenvalue weighted by Crippen LogP contribution is 2.26. The molecule has 1 fully saturated rings. The molecule has 2 heterocycles. The molecule has 0 bridgehead atoms. The number of nitrogens with zero attached hydrogens (tertiary/aromatic N) is 3. The number of nitrogens with one attached hydrogen (secondary N) is 1. The molecule has 0 radical (unpaired) electrons. The van der Waals surface area contributed by atoms with E-state index in [0.717, 1.165) is 80.9 Å². The molecule has 3 rings (SSSR count). The first kappa shape index (κ1) is 23.8. The van der Waals surface area contributed by atoms with Crippen LogP contribution in [0.5, 0.6) is 0 Å². The molecule has 0 spiro atoms. The fourth-order valence-electron chi connectivity index (χ4n) is 4.89. The summed E-state index contributed by atoms with van der Waals surface area (Å²) in [5, 5.41) is 2.62. The first-order valence-electron chi connectivity index (χ1n) is 11.5. The van der Waals surface area contributed by atoms with Crippen molar-refractivity contribution < 1.29 is 14.4 Å². The molecule has 0 aliphatic carbocycles. The van der Waals surface area contributed by atoms with Crippen LogP contribution in [0.3, 0.4) is 0 Å². The van der Waals surface area contributed by atoms with Crippen molar-refractivity contribution >= 4 is 29.6 Å². The molecule has 8 heteroatoms. The van der Waals surface area contributed by atoms with Crippen molar-refractivity contribution in [1.29, 1.82) is 0 Å². The lowest BCUT2D eigenvalue weighted by molar-refractivity contribution is -0.124. The molecule has 8 nitrogen and oxygen atoms in total. The summed E-state index contributed by atoms with van der Waals surface area (Å²) >= 11 is 0. The van der Waals surface area contributed by atoms with Crippen molar-refractivity contribution in [2.24, 2.45) is 13.0 Å². The van der Waals surface area contributed by atoms with Gasteiger partial charge in [0.05, 0.1) is 11.0 Å². The van der Waals surface area contributed by atoms with Crippen LogP contribution >= 0.6 is 0 Å². The van der Waals surface area contributed by atoms with Crippen molar-refractivity contribution in [2.75, 3.05) is 20.1 Å². The number of piperidine rings is 1. The zero-order valence-corrected chi connectivity index (χ0v) is 19.1. The average molecular weight is 443 g/mol. The van der Waals surface area contributed by atoms with Gasteiger partial charge in [0.1, 0.15) is 12.3 Å². The second-order valence-electron chi connectivity index (χ2n) is 8.70. The zero-order chi connectivity index (χ0) is 23.1. The number of likely N-dealkylation sites (tertiary alicyclic amines) is 1. The summed E-state index contributed by atoms with van der Waals surface area (Å²) in [5.41, 5.74) is 2.45. The Morgan fingerprint density at radius 2 is 1.97 bits per heavy atom. The molecule has 1 aliphatic heterocycles. The number of carbonyl (C=O) groups is 3. The lowest BCUT2D eigenvalue weighted by atomic mass is 9.91. The van der Waals surface area contributed by atoms with Crippen molar-refractivity contribution in [3.8, 4) is 0 Å². The molecule has 1 aromatic heterocycles. The van der Waals surface area contributed by atoms with E-state index >= 15 is 0 Å². The number of para-hydroxylation sites is 1. The number of fused-ring (bicyclic) bond motifs is 1. The van der Waals surface area contributed by atoms with Gasteiger partial charge >= 0.3 is 5.69 Å². The van der Waals surface area contributed by atoms with E-state index in [-0.39, 0.29) is 24.4 Å². The summed E-state index contributed by atoms with van der Waals surface area (Å²) in [6.45, 7) is 1.72. The minimum Gasteiger partial charge on any atom is -0.357 e. The molecule has 1 aliphatic rings. The quantitative estimate of drug-likeness (QED) is 0.426. The number of aromatic nitrogens is 2. The van der Waals surface area contributed by atoms with Crippen LogP contribution < -0.4 is 11.0 Å². The number of rotatable bonds is 11. The molecular formula is C24H34N4O4. The maximum Gasteiger partial charge on any atom is 0.329 e. The number of likely N-dealkylation sites (N-methyl/N-ethyl adjacent to an activating group) is 1. The molecule has 174 valence electrons. The molecule has 2 aromatic rings. The third-order valence-corrected chi connectivity index (χ3v) is 6.71. The summed E-state index contributed by atoms with van der Waals surface area (Å²) in [5.74, 6) is 0.408. The van der Waals surface area contributed by atoms with Crippen molar-refractivity contribution in [3.63, 3.8) is 0 Å². The predicted molar refractivity (Wildman–Crippen MR) is 123 cm³/mol. The molecule has 1 atom stereocenters. The van der Waals surface area contributed by atoms with E-state index in [0.29, 0.717) is 5.92 Å². The van der Waals surface area contributed by atoms with Crippen LogP contribution in [0, 0.1) is 5.92 Å². The Labute approximate surface area is 188 Å². The normalized spacial score (nSPS) is 15.6. The molecule has 1 saturated heterocycles. The second kappa shape index (κ2) is 11.1. The lowest BCUT2D eigenvalue weighted by Crippen LogP contribution is -2.36. The van der Waals surface area contributed by atoms with Crippen LogP contribution in [0.2, 0.25) is 0 Å². The van der Waals surface area contributed by atoms with Crippen LogP contribution in [-0.4, -0.2) is 52.8 Å². The van der Waals surface area contributed by atoms with Crippen LogP contribution in [-0.2, 0) is 27.9 Å². The highest BCUT2D eigenvalue weighted by molar-refractivity contribution is 5.85. The molecule has 1 aromatic carbocycles. The largest absolute Gasteiger partial charge is 0.357 e. The average Bonchev–Trinajstić information content (AvgIpc) is 3.08. The minimum atomic E-state index is -0.714. The van der Waals surface area contributed by atoms with Gasteiger partial charge in [0.2, 0.25) is 12.3 Å². The van der Waals surface area contributed by atoms with E-state index in [9.17, 15) is 19.2 Å². The Hall–Kier alpha value is -2.90. The summed E-state index contributed by atoms with van der Waals surface area (Å²) < 4.78 is 3.15. The Balaban J connectivity index is 1.74. The van der Waals surface area contributed by atoms with E-state index in [1.807, 2.05) is 17.0 Å². The van der Waals surface area contributed by atoms with Gasteiger partial charge in [0.15, 0.2) is 0 Å². The molecule has 1 N–H and O–H groups in total. The molecule has 32 heavy (non-hydrogen) atoms. The molecular weight excluding hydrogens is 408 g/mol. The number of unbranched alkanes of at least 4 members (excludes halogenated alkanes) is 1. The molecule has 1 unspecified atom stereocenters. The van der Waals surface area contributed by atoms with Gasteiger partial charge in [-0.2, -0.15) is 0 Å². The minimum absolute atomic E-state index is 0.215. The van der Waals surface area contributed by atoms with E-state index < -0.39 is 6.04 Å². The van der Waals surface area contributed by atoms with E-state index in [1.165, 1.54) is 4.57 Å². The third kappa shape index (κ3) is 5.11. The number of hydrogen-bond donors (Lipinski definition) is 1. The van der Waals surface area contributed by atoms with Gasteiger partial charge in [0.25, 0.3) is 0 Å². The summed E-state index contributed by atoms with van der Waals surface area (Å²) in [4.78, 5) is 49.2. The lowest BCUT2D eigenvalue weighted by Gasteiger charge is -2.29. The van der Waals surface area contributed by atoms with Crippen molar-refractivity contribution in [3.05, 3.63) is 34.2 Å². The topological polar surface area (TPSA) is 93.4 Å². The monoisotopic (exact) mass is 442 g/mol. The van der Waals surface area contributed by atoms with Gasteiger partial charge in [-0.05, 0) is 49.7 Å². The van der Waals surface area contributed by atoms with Gasteiger partial charge in [-0.3, -0.25) is 18.7 Å². The SMILES string of the molecule is CNC(=O)C(CCC=O)n1c(=O)n(C)c2c(CCCCC3CCN(C=O)CC3)cccc21. The Bertz CT molecular complexity index is 1000. The first-order valence-corrected chi connectivity index (χ1v) is 11.5. The fourth-order valence-corrected chi connectivity index (χ4v) is 4.89. The van der Waals surface area contributed by atoms with Gasteiger partial charge in [-0.15, -0.1) is 0 Å². The van der Waals surface area contributed by atoms with Crippen molar-refractivity contribution in [1.82, 2.24) is 19.4 Å². The van der Waals surface area contributed by atoms with Crippen molar-refractivity contribution in [2.45, 2.75) is 57.4 Å². The highest BCUT2D eigenvalue weighted by Gasteiger charge is 2.25. The van der Waals surface area contributed by atoms with Crippen LogP contribution in [0.25, 0.3) is 11.0 Å². The zero-order valence-electron chi connectivity index (χ0n) is 19.1. The Morgan fingerprint density at radius 1 is 1.22 bits per heavy atom. The number of hydrogen-bond acceptors (Lipinski definition) is 4. The number of aldehydes is 1. The van der Waals surface area contributed by atoms with Gasteiger partial charge in [0, 0.05) is 33.6 Å². The Kier molecular flexibility index (Phi) is 8.25. The standard InChI is InChI=1S/C24H34N4O4/c1-25-23(31)21(11-6-16-29)28-20-10-5-9-19(22(20)26(2)24(28)32)8-4-3-7-18-12-14-27(17-30)15-13-18/h5,9-10,16-18,21H,3-4,6-8,11-15H2,1-2H3,(H,25,31). The maximum absolute atomic E-state index is 13.1. The highest BCUT2D eigenvalue weighted by atomic mass is 16.2. The number of imidazole rings is 1. The predicted octanol–water partition coefficient (Wildman–Crippen LogP) is 2.19. The Morgan fingerprint density at radius 3 is 2.62 bits per heavy atom. The maximum atomic E-state index is 13.1. The number of amides is 2. The van der Waals surface area contributed by atoms with E-state index in [1.54, 1.807) is 18.7 Å². The van der Waals surface area contributed by atoms with E-state index in [2.05, 4.69) is 11.4 Å². The van der Waals surface area contributed by atoms with Crippen LogP contribution in [0.15, 0.2) is 23.0 Å². The van der Waals surface area contributed by atoms with Gasteiger partial charge in [-0.1, -0.05) is 25.0 Å². The van der Waals surface area contributed by atoms with Crippen LogP contribution in [0.1, 0.15) is 56.6 Å². The molecule has 0 saturated carbocycles. The van der Waals surface area contributed by atoms with Gasteiger partial charge in [-0.25, -0.2) is 4.79 Å². The van der Waals surface area contributed by atoms with Gasteiger partial charge < -0.3 is 15.0 Å². The first-order chi connectivity index (χ1) is 15.5. The number of aryl methyl sites for hydroxylation is 2.